The van der Waals surface area contributed by atoms with E-state index >= 15 is 0 Å². The van der Waals surface area contributed by atoms with E-state index in [9.17, 15) is 14.4 Å². The van der Waals surface area contributed by atoms with Crippen LogP contribution in [0.1, 0.15) is 38.3 Å². The molecule has 2 rings (SSSR count). The van der Waals surface area contributed by atoms with E-state index in [1.54, 1.807) is 0 Å². The zero-order chi connectivity index (χ0) is 20.8. The molecule has 28 heavy (non-hydrogen) atoms. The Morgan fingerprint density at radius 3 is 1.96 bits per heavy atom. The van der Waals surface area contributed by atoms with Crippen molar-refractivity contribution in [1.29, 1.82) is 5.41 Å². The van der Waals surface area contributed by atoms with Crippen LogP contribution in [0.15, 0.2) is 54.1 Å². The summed E-state index contributed by atoms with van der Waals surface area (Å²) in [5.74, 6) is -3.11. The van der Waals surface area contributed by atoms with Crippen molar-refractivity contribution in [3.63, 3.8) is 0 Å². The molecule has 0 aliphatic rings. The number of rotatable bonds is 7. The fraction of sp³-hybridized carbons (Fsp3) is 0.0526. The summed E-state index contributed by atoms with van der Waals surface area (Å²) in [5, 5.41) is 35.3. The molecule has 0 spiro atoms. The van der Waals surface area contributed by atoms with Gasteiger partial charge in [-0.05, 0) is 29.8 Å². The highest BCUT2D eigenvalue weighted by Crippen LogP contribution is 2.22. The van der Waals surface area contributed by atoms with Crippen molar-refractivity contribution in [2.45, 2.75) is 6.42 Å². The first-order valence-corrected chi connectivity index (χ1v) is 7.92. The Kier molecular flexibility index (Phi) is 6.25. The Balaban J connectivity index is 2.53. The number of aromatic carboxylic acids is 2. The quantitative estimate of drug-likeness (QED) is 0.240. The number of carbonyl (C=O) groups is 3. The van der Waals surface area contributed by atoms with Crippen molar-refractivity contribution < 1.29 is 29.8 Å². The molecule has 2 aromatic carbocycles. The molecule has 7 N–H and O–H groups in total. The van der Waals surface area contributed by atoms with Crippen LogP contribution < -0.4 is 11.2 Å². The molecule has 0 saturated heterocycles. The molecule has 0 bridgehead atoms. The van der Waals surface area contributed by atoms with Crippen molar-refractivity contribution in [2.75, 3.05) is 0 Å². The van der Waals surface area contributed by atoms with Gasteiger partial charge in [0.2, 0.25) is 5.91 Å². The maximum absolute atomic E-state index is 11.7. The molecule has 0 aliphatic carbocycles. The van der Waals surface area contributed by atoms with Crippen molar-refractivity contribution in [3.8, 4) is 0 Å². The highest BCUT2D eigenvalue weighted by atomic mass is 16.5. The van der Waals surface area contributed by atoms with Gasteiger partial charge in [0.25, 0.3) is 0 Å². The predicted octanol–water partition coefficient (Wildman–Crippen LogP) is 1.72. The van der Waals surface area contributed by atoms with Crippen LogP contribution in [0.25, 0.3) is 5.70 Å². The second kappa shape index (κ2) is 8.60. The number of carboxylic acids is 2. The zero-order valence-electron chi connectivity index (χ0n) is 14.5. The zero-order valence-corrected chi connectivity index (χ0v) is 14.5. The van der Waals surface area contributed by atoms with Gasteiger partial charge in [-0.1, -0.05) is 24.3 Å². The first-order valence-electron chi connectivity index (χ1n) is 7.92. The van der Waals surface area contributed by atoms with Crippen LogP contribution in [0.3, 0.4) is 0 Å². The van der Waals surface area contributed by atoms with Gasteiger partial charge in [0.1, 0.15) is 0 Å². The van der Waals surface area contributed by atoms with Gasteiger partial charge in [0, 0.05) is 16.8 Å². The number of hydrogen-bond donors (Lipinski definition) is 6. The maximum Gasteiger partial charge on any atom is 0.335 e. The highest BCUT2D eigenvalue weighted by Gasteiger charge is 2.18. The van der Waals surface area contributed by atoms with Gasteiger partial charge >= 0.3 is 11.9 Å². The molecule has 2 aromatic rings. The van der Waals surface area contributed by atoms with Gasteiger partial charge in [-0.2, -0.15) is 0 Å². The lowest BCUT2D eigenvalue weighted by Gasteiger charge is -2.14. The molecule has 0 aliphatic heterocycles. The van der Waals surface area contributed by atoms with Crippen LogP contribution in [0, 0.1) is 5.41 Å². The molecule has 1 amide bonds. The normalized spacial score (nSPS) is 11.3. The average molecular weight is 383 g/mol. The highest BCUT2D eigenvalue weighted by molar-refractivity contribution is 6.17. The summed E-state index contributed by atoms with van der Waals surface area (Å²) in [7, 11) is 0. The topological polar surface area (TPSA) is 174 Å². The van der Waals surface area contributed by atoms with E-state index in [0.29, 0.717) is 5.56 Å². The fourth-order valence-corrected chi connectivity index (χ4v) is 2.47. The minimum absolute atomic E-state index is 0.0197. The number of hydroxylamine groups is 1. The number of benzene rings is 2. The lowest BCUT2D eigenvalue weighted by Crippen LogP contribution is -2.23. The van der Waals surface area contributed by atoms with Crippen LogP contribution >= 0.6 is 0 Å². The Bertz CT molecular complexity index is 979. The number of nitrogens with two attached hydrogens (primary N) is 1. The van der Waals surface area contributed by atoms with Crippen LogP contribution in [-0.4, -0.2) is 39.0 Å². The van der Waals surface area contributed by atoms with Gasteiger partial charge in [-0.15, -0.1) is 0 Å². The smallest absolute Gasteiger partial charge is 0.335 e. The average Bonchev–Trinajstić information content (AvgIpc) is 2.70. The van der Waals surface area contributed by atoms with Crippen LogP contribution in [0.5, 0.6) is 0 Å². The summed E-state index contributed by atoms with van der Waals surface area (Å²) in [6, 6.07) is 11.1. The number of carbonyl (C=O) groups excluding carboxylic acids is 1. The molecule has 144 valence electrons. The fourth-order valence-electron chi connectivity index (χ4n) is 2.47. The molecule has 0 heterocycles. The SMILES string of the molecule is N=C(C(CC(=O)NO)=C(N)c1ccc(C(=O)O)cc1)c1cccc(C(=O)O)c1. The first kappa shape index (κ1) is 20.3. The van der Waals surface area contributed by atoms with Gasteiger partial charge in [-0.25, -0.2) is 15.1 Å². The van der Waals surface area contributed by atoms with Crippen molar-refractivity contribution in [3.05, 3.63) is 76.4 Å². The lowest BCUT2D eigenvalue weighted by molar-refractivity contribution is -0.128. The van der Waals surface area contributed by atoms with E-state index in [4.69, 9.17) is 26.6 Å². The maximum atomic E-state index is 11.7. The Hall–Kier alpha value is -3.98. The minimum atomic E-state index is -1.18. The molecule has 0 radical (unpaired) electrons. The van der Waals surface area contributed by atoms with Gasteiger partial charge in [0.05, 0.1) is 23.3 Å². The monoisotopic (exact) mass is 383 g/mol. The Morgan fingerprint density at radius 2 is 1.43 bits per heavy atom. The summed E-state index contributed by atoms with van der Waals surface area (Å²) in [4.78, 5) is 33.8. The van der Waals surface area contributed by atoms with E-state index in [-0.39, 0.29) is 33.7 Å². The van der Waals surface area contributed by atoms with E-state index in [2.05, 4.69) is 0 Å². The largest absolute Gasteiger partial charge is 0.478 e. The molecular formula is C19H17N3O6. The summed E-state index contributed by atoms with van der Waals surface area (Å²) in [6.45, 7) is 0. The molecule has 0 aromatic heterocycles. The van der Waals surface area contributed by atoms with Gasteiger partial charge in [0.15, 0.2) is 0 Å². The lowest BCUT2D eigenvalue weighted by atomic mass is 9.94. The van der Waals surface area contributed by atoms with E-state index in [1.807, 2.05) is 0 Å². The summed E-state index contributed by atoms with van der Waals surface area (Å²) >= 11 is 0. The number of hydrogen-bond acceptors (Lipinski definition) is 6. The third kappa shape index (κ3) is 4.59. The molecule has 0 saturated carbocycles. The molecule has 9 nitrogen and oxygen atoms in total. The van der Waals surface area contributed by atoms with E-state index in [1.165, 1.54) is 54.0 Å². The minimum Gasteiger partial charge on any atom is -0.478 e. The Labute approximate surface area is 159 Å². The van der Waals surface area contributed by atoms with Crippen molar-refractivity contribution in [2.24, 2.45) is 5.73 Å². The summed E-state index contributed by atoms with van der Waals surface area (Å²) in [6.07, 6.45) is -0.445. The van der Waals surface area contributed by atoms with Crippen LogP contribution in [-0.2, 0) is 4.79 Å². The first-order chi connectivity index (χ1) is 13.2. The third-order valence-electron chi connectivity index (χ3n) is 3.93. The van der Waals surface area contributed by atoms with Gasteiger partial charge in [-0.3, -0.25) is 15.4 Å². The van der Waals surface area contributed by atoms with Crippen LogP contribution in [0.2, 0.25) is 0 Å². The molecular weight excluding hydrogens is 366 g/mol. The summed E-state index contributed by atoms with van der Waals surface area (Å²) < 4.78 is 0. The number of nitrogens with one attached hydrogen (secondary N) is 2. The number of amides is 1. The standard InChI is InChI=1S/C19H17N3O6/c20-16(10-4-6-11(7-5-10)18(24)25)14(9-15(23)22-28)17(21)12-2-1-3-13(8-12)19(26)27/h1-8,21,28H,9,20H2,(H,22,23)(H,24,25)(H,26,27). The Morgan fingerprint density at radius 1 is 0.893 bits per heavy atom. The second-order valence-electron chi connectivity index (χ2n) is 5.75. The third-order valence-corrected chi connectivity index (χ3v) is 3.93. The number of carboxylic acid groups (broad SMARTS) is 2. The van der Waals surface area contributed by atoms with Crippen molar-refractivity contribution in [1.82, 2.24) is 5.48 Å². The molecule has 0 unspecified atom stereocenters. The molecule has 9 heteroatoms. The predicted molar refractivity (Wildman–Crippen MR) is 99.3 cm³/mol. The van der Waals surface area contributed by atoms with Crippen LogP contribution in [0.4, 0.5) is 0 Å². The van der Waals surface area contributed by atoms with E-state index in [0.717, 1.165) is 0 Å². The second-order valence-corrected chi connectivity index (χ2v) is 5.75. The van der Waals surface area contributed by atoms with Gasteiger partial charge < -0.3 is 15.9 Å². The summed E-state index contributed by atoms with van der Waals surface area (Å²) in [5.41, 5.74) is 8.01. The molecule has 0 fully saturated rings. The van der Waals surface area contributed by atoms with E-state index < -0.39 is 24.3 Å². The van der Waals surface area contributed by atoms with Crippen molar-refractivity contribution >= 4 is 29.3 Å². The molecule has 0 atom stereocenters.